The minimum atomic E-state index is -3.46. The van der Waals surface area contributed by atoms with Crippen LogP contribution in [0.15, 0.2) is 46.0 Å². The van der Waals surface area contributed by atoms with Crippen LogP contribution in [0.4, 0.5) is 0 Å². The molecular formula is C18H18N2O4S2. The third-order valence-corrected chi connectivity index (χ3v) is 7.59. The number of rotatable bonds is 5. The van der Waals surface area contributed by atoms with Crippen LogP contribution in [0.2, 0.25) is 0 Å². The highest BCUT2D eigenvalue weighted by Gasteiger charge is 2.33. The number of esters is 1. The molecule has 3 rings (SSSR count). The highest BCUT2D eigenvalue weighted by atomic mass is 32.2. The fourth-order valence-corrected chi connectivity index (χ4v) is 5.49. The topological polar surface area (TPSA) is 87.5 Å². The number of carbonyl (C=O) groups is 1. The van der Waals surface area contributed by atoms with Gasteiger partial charge in [-0.2, -0.15) is 9.57 Å². The number of benzene rings is 1. The highest BCUT2D eigenvalue weighted by Crippen LogP contribution is 2.27. The summed E-state index contributed by atoms with van der Waals surface area (Å²) in [5, 5.41) is 10.6. The minimum absolute atomic E-state index is 0.113. The predicted octanol–water partition coefficient (Wildman–Crippen LogP) is 2.76. The van der Waals surface area contributed by atoms with Crippen molar-refractivity contribution in [1.29, 1.82) is 5.26 Å². The fraction of sp³-hybridized carbons (Fsp3) is 0.333. The van der Waals surface area contributed by atoms with Gasteiger partial charge in [0.05, 0.1) is 17.6 Å². The second kappa shape index (κ2) is 7.99. The second-order valence-electron chi connectivity index (χ2n) is 6.03. The molecule has 1 fully saturated rings. The van der Waals surface area contributed by atoms with Crippen molar-refractivity contribution in [1.82, 2.24) is 4.31 Å². The molecule has 0 bridgehead atoms. The zero-order valence-corrected chi connectivity index (χ0v) is 15.6. The van der Waals surface area contributed by atoms with Gasteiger partial charge in [0.15, 0.2) is 0 Å². The number of carbonyl (C=O) groups excluding carboxylic acids is 1. The predicted molar refractivity (Wildman–Crippen MR) is 96.8 cm³/mol. The Labute approximate surface area is 156 Å². The van der Waals surface area contributed by atoms with Crippen LogP contribution in [-0.4, -0.2) is 31.8 Å². The normalized spacial score (nSPS) is 16.1. The van der Waals surface area contributed by atoms with Crippen molar-refractivity contribution in [3.63, 3.8) is 0 Å². The van der Waals surface area contributed by atoms with E-state index in [0.717, 1.165) is 5.56 Å². The van der Waals surface area contributed by atoms with Crippen LogP contribution >= 0.6 is 11.3 Å². The van der Waals surface area contributed by atoms with Crippen molar-refractivity contribution < 1.29 is 17.9 Å². The van der Waals surface area contributed by atoms with Crippen LogP contribution in [0, 0.1) is 17.2 Å². The molecule has 1 aromatic heterocycles. The minimum Gasteiger partial charge on any atom is -0.461 e. The van der Waals surface area contributed by atoms with E-state index in [0.29, 0.717) is 35.7 Å². The van der Waals surface area contributed by atoms with Crippen molar-refractivity contribution in [2.75, 3.05) is 13.1 Å². The van der Waals surface area contributed by atoms with Crippen molar-refractivity contribution in [2.45, 2.75) is 23.7 Å². The molecule has 1 aliphatic rings. The van der Waals surface area contributed by atoms with Gasteiger partial charge in [-0.25, -0.2) is 8.42 Å². The maximum Gasteiger partial charge on any atom is 0.309 e. The number of thiophene rings is 1. The quantitative estimate of drug-likeness (QED) is 0.733. The number of hydrogen-bond donors (Lipinski definition) is 0. The zero-order chi connectivity index (χ0) is 18.6. The van der Waals surface area contributed by atoms with E-state index in [-0.39, 0.29) is 18.5 Å². The van der Waals surface area contributed by atoms with Gasteiger partial charge in [0.2, 0.25) is 0 Å². The maximum absolute atomic E-state index is 12.5. The first kappa shape index (κ1) is 18.6. The molecule has 0 amide bonds. The summed E-state index contributed by atoms with van der Waals surface area (Å²) in [6.45, 7) is 0.732. The molecule has 1 aliphatic heterocycles. The lowest BCUT2D eigenvalue weighted by Gasteiger charge is -2.29. The molecule has 6 nitrogen and oxygen atoms in total. The van der Waals surface area contributed by atoms with Crippen LogP contribution in [0.3, 0.4) is 0 Å². The van der Waals surface area contributed by atoms with E-state index >= 15 is 0 Å². The molecule has 0 unspecified atom stereocenters. The molecule has 26 heavy (non-hydrogen) atoms. The summed E-state index contributed by atoms with van der Waals surface area (Å²) < 4.78 is 32.1. The second-order valence-corrected chi connectivity index (χ2v) is 9.14. The van der Waals surface area contributed by atoms with Gasteiger partial charge >= 0.3 is 5.97 Å². The van der Waals surface area contributed by atoms with E-state index in [1.165, 1.54) is 15.6 Å². The number of ether oxygens (including phenoxy) is 1. The number of hydrogen-bond acceptors (Lipinski definition) is 6. The summed E-state index contributed by atoms with van der Waals surface area (Å²) >= 11 is 1.20. The molecule has 0 N–H and O–H groups in total. The molecule has 1 saturated heterocycles. The first-order chi connectivity index (χ1) is 12.5. The van der Waals surface area contributed by atoms with Gasteiger partial charge in [-0.3, -0.25) is 4.79 Å². The SMILES string of the molecule is N#Cc1cccc(COC(=O)C2CCN(S(=O)(=O)c3cccs3)CC2)c1. The van der Waals surface area contributed by atoms with Crippen LogP contribution in [0.1, 0.15) is 24.0 Å². The largest absolute Gasteiger partial charge is 0.461 e. The Morgan fingerprint density at radius 2 is 2.04 bits per heavy atom. The Morgan fingerprint density at radius 1 is 1.27 bits per heavy atom. The number of nitriles is 1. The standard InChI is InChI=1S/C18H18N2O4S2/c19-12-14-3-1-4-15(11-14)13-24-18(21)16-6-8-20(9-7-16)26(22,23)17-5-2-10-25-17/h1-5,10-11,16H,6-9,13H2. The van der Waals surface area contributed by atoms with E-state index in [9.17, 15) is 13.2 Å². The molecule has 8 heteroatoms. The fourth-order valence-electron chi connectivity index (χ4n) is 2.87. The molecule has 2 aromatic rings. The molecule has 0 spiro atoms. The van der Waals surface area contributed by atoms with Crippen molar-refractivity contribution in [3.8, 4) is 6.07 Å². The van der Waals surface area contributed by atoms with Crippen molar-refractivity contribution in [3.05, 3.63) is 52.9 Å². The van der Waals surface area contributed by atoms with Crippen LogP contribution in [0.5, 0.6) is 0 Å². The molecule has 0 aliphatic carbocycles. The molecule has 0 saturated carbocycles. The van der Waals surface area contributed by atoms with E-state index in [4.69, 9.17) is 10.00 Å². The van der Waals surface area contributed by atoms with Gasteiger partial charge < -0.3 is 4.74 Å². The Hall–Kier alpha value is -2.21. The summed E-state index contributed by atoms with van der Waals surface area (Å²) in [4.78, 5) is 12.3. The van der Waals surface area contributed by atoms with Crippen LogP contribution in [0.25, 0.3) is 0 Å². The van der Waals surface area contributed by atoms with Crippen LogP contribution in [-0.2, 0) is 26.2 Å². The van der Waals surface area contributed by atoms with Gasteiger partial charge in [0, 0.05) is 13.1 Å². The van der Waals surface area contributed by atoms with Gasteiger partial charge in [-0.15, -0.1) is 11.3 Å². The smallest absolute Gasteiger partial charge is 0.309 e. The number of sulfonamides is 1. The average molecular weight is 390 g/mol. The third kappa shape index (κ3) is 4.12. The van der Waals surface area contributed by atoms with Gasteiger partial charge in [0.1, 0.15) is 10.8 Å². The maximum atomic E-state index is 12.5. The van der Waals surface area contributed by atoms with Gasteiger partial charge in [0.25, 0.3) is 10.0 Å². The lowest BCUT2D eigenvalue weighted by Crippen LogP contribution is -2.40. The lowest BCUT2D eigenvalue weighted by atomic mass is 9.98. The highest BCUT2D eigenvalue weighted by molar-refractivity contribution is 7.91. The summed E-state index contributed by atoms with van der Waals surface area (Å²) in [6, 6.07) is 12.3. The molecular weight excluding hydrogens is 372 g/mol. The Kier molecular flexibility index (Phi) is 5.71. The summed E-state index contributed by atoms with van der Waals surface area (Å²) in [7, 11) is -3.46. The van der Waals surface area contributed by atoms with E-state index < -0.39 is 10.0 Å². The van der Waals surface area contributed by atoms with Crippen molar-refractivity contribution in [2.24, 2.45) is 5.92 Å². The molecule has 1 aromatic carbocycles. The summed E-state index contributed by atoms with van der Waals surface area (Å²) in [5.41, 5.74) is 1.28. The Balaban J connectivity index is 1.53. The van der Waals surface area contributed by atoms with Gasteiger partial charge in [-0.1, -0.05) is 18.2 Å². The Bertz CT molecular complexity index is 909. The number of nitrogens with zero attached hydrogens (tertiary/aromatic N) is 2. The monoisotopic (exact) mass is 390 g/mol. The Morgan fingerprint density at radius 3 is 2.69 bits per heavy atom. The molecule has 0 atom stereocenters. The van der Waals surface area contributed by atoms with E-state index in [1.807, 2.05) is 6.07 Å². The van der Waals surface area contributed by atoms with Crippen LogP contribution < -0.4 is 0 Å². The average Bonchev–Trinajstić information content (AvgIpc) is 3.22. The molecule has 2 heterocycles. The molecule has 0 radical (unpaired) electrons. The number of piperidine rings is 1. The lowest BCUT2D eigenvalue weighted by molar-refractivity contribution is -0.151. The van der Waals surface area contributed by atoms with Gasteiger partial charge in [-0.05, 0) is 42.0 Å². The first-order valence-corrected chi connectivity index (χ1v) is 10.5. The third-order valence-electron chi connectivity index (χ3n) is 4.31. The molecule has 136 valence electrons. The van der Waals surface area contributed by atoms with Crippen molar-refractivity contribution >= 4 is 27.3 Å². The zero-order valence-electron chi connectivity index (χ0n) is 14.0. The van der Waals surface area contributed by atoms with E-state index in [2.05, 4.69) is 0 Å². The van der Waals surface area contributed by atoms with E-state index in [1.54, 1.807) is 41.8 Å². The first-order valence-electron chi connectivity index (χ1n) is 8.20. The summed E-state index contributed by atoms with van der Waals surface area (Å²) in [5.74, 6) is -0.621. The summed E-state index contributed by atoms with van der Waals surface area (Å²) in [6.07, 6.45) is 0.892.